The smallest absolute Gasteiger partial charge is 0.243 e. The number of rotatable bonds is 4. The van der Waals surface area contributed by atoms with Crippen LogP contribution in [0.2, 0.25) is 0 Å². The molecular formula is C12H20N2O. The van der Waals surface area contributed by atoms with Crippen LogP contribution in [-0.4, -0.2) is 25.5 Å². The Morgan fingerprint density at radius 1 is 1.53 bits per heavy atom. The molecule has 1 atom stereocenters. The van der Waals surface area contributed by atoms with Gasteiger partial charge in [0.05, 0.1) is 0 Å². The van der Waals surface area contributed by atoms with Gasteiger partial charge in [-0.05, 0) is 38.8 Å². The standard InChI is InChI=1S/C12H20N2O/c1-2-3-4-7-12(15)14-10-11-6-5-8-13-9-11/h2-4,7,11,13H,5-6,8-10H2,1H3,(H,14,15)/b3-2+,7-4+. The summed E-state index contributed by atoms with van der Waals surface area (Å²) in [5, 5.41) is 6.24. The van der Waals surface area contributed by atoms with Crippen molar-refractivity contribution in [2.24, 2.45) is 5.92 Å². The van der Waals surface area contributed by atoms with Gasteiger partial charge < -0.3 is 10.6 Å². The maximum Gasteiger partial charge on any atom is 0.243 e. The van der Waals surface area contributed by atoms with Crippen LogP contribution in [0.5, 0.6) is 0 Å². The summed E-state index contributed by atoms with van der Waals surface area (Å²) in [6.45, 7) is 4.85. The molecular weight excluding hydrogens is 188 g/mol. The van der Waals surface area contributed by atoms with Gasteiger partial charge in [0.1, 0.15) is 0 Å². The van der Waals surface area contributed by atoms with Crippen LogP contribution < -0.4 is 10.6 Å². The maximum atomic E-state index is 11.3. The molecule has 0 aliphatic carbocycles. The lowest BCUT2D eigenvalue weighted by atomic mass is 10.00. The summed E-state index contributed by atoms with van der Waals surface area (Å²) < 4.78 is 0. The second-order valence-corrected chi connectivity index (χ2v) is 3.84. The van der Waals surface area contributed by atoms with Gasteiger partial charge in [-0.3, -0.25) is 4.79 Å². The largest absolute Gasteiger partial charge is 0.352 e. The Morgan fingerprint density at radius 2 is 2.40 bits per heavy atom. The van der Waals surface area contributed by atoms with Gasteiger partial charge in [-0.2, -0.15) is 0 Å². The molecule has 1 aliphatic rings. The van der Waals surface area contributed by atoms with E-state index in [1.165, 1.54) is 12.8 Å². The summed E-state index contributed by atoms with van der Waals surface area (Å²) in [6.07, 6.45) is 9.50. The first-order chi connectivity index (χ1) is 7.33. The number of hydrogen-bond acceptors (Lipinski definition) is 2. The Labute approximate surface area is 91.6 Å². The lowest BCUT2D eigenvalue weighted by Gasteiger charge is -2.22. The van der Waals surface area contributed by atoms with E-state index in [4.69, 9.17) is 0 Å². The van der Waals surface area contributed by atoms with E-state index in [0.717, 1.165) is 19.6 Å². The third kappa shape index (κ3) is 5.37. The first-order valence-corrected chi connectivity index (χ1v) is 5.61. The average Bonchev–Trinajstić information content (AvgIpc) is 2.28. The highest BCUT2D eigenvalue weighted by molar-refractivity contribution is 5.87. The van der Waals surface area contributed by atoms with Crippen molar-refractivity contribution in [3.8, 4) is 0 Å². The van der Waals surface area contributed by atoms with Crippen LogP contribution in [0.15, 0.2) is 24.3 Å². The summed E-state index contributed by atoms with van der Waals surface area (Å²) >= 11 is 0. The van der Waals surface area contributed by atoms with Crippen LogP contribution in [0.1, 0.15) is 19.8 Å². The number of amides is 1. The molecule has 84 valence electrons. The van der Waals surface area contributed by atoms with Crippen molar-refractivity contribution in [3.63, 3.8) is 0 Å². The van der Waals surface area contributed by atoms with Crippen LogP contribution in [-0.2, 0) is 4.79 Å². The quantitative estimate of drug-likeness (QED) is 0.539. The van der Waals surface area contributed by atoms with Gasteiger partial charge in [0.2, 0.25) is 5.91 Å². The van der Waals surface area contributed by atoms with Crippen LogP contribution in [0.25, 0.3) is 0 Å². The third-order valence-electron chi connectivity index (χ3n) is 2.52. The zero-order valence-corrected chi connectivity index (χ0v) is 9.33. The SMILES string of the molecule is C/C=C/C=C/C(=O)NCC1CCCNC1. The number of allylic oxidation sites excluding steroid dienone is 3. The second kappa shape index (κ2) is 7.23. The number of piperidine rings is 1. The predicted molar refractivity (Wildman–Crippen MR) is 62.6 cm³/mol. The molecule has 0 spiro atoms. The molecule has 1 amide bonds. The molecule has 2 N–H and O–H groups in total. The molecule has 3 nitrogen and oxygen atoms in total. The number of hydrogen-bond donors (Lipinski definition) is 2. The van der Waals surface area contributed by atoms with Crippen LogP contribution in [0, 0.1) is 5.92 Å². The van der Waals surface area contributed by atoms with E-state index in [0.29, 0.717) is 5.92 Å². The zero-order valence-electron chi connectivity index (χ0n) is 9.33. The Balaban J connectivity index is 2.15. The second-order valence-electron chi connectivity index (χ2n) is 3.84. The fraction of sp³-hybridized carbons (Fsp3) is 0.583. The van der Waals surface area contributed by atoms with Crippen molar-refractivity contribution in [2.45, 2.75) is 19.8 Å². The molecule has 15 heavy (non-hydrogen) atoms. The molecule has 0 aromatic rings. The molecule has 1 saturated heterocycles. The molecule has 1 aliphatic heterocycles. The van der Waals surface area contributed by atoms with Gasteiger partial charge in [0, 0.05) is 12.6 Å². The molecule has 0 aromatic heterocycles. The van der Waals surface area contributed by atoms with Gasteiger partial charge in [0.25, 0.3) is 0 Å². The molecule has 1 fully saturated rings. The van der Waals surface area contributed by atoms with E-state index in [1.807, 2.05) is 19.1 Å². The first kappa shape index (κ1) is 12.0. The van der Waals surface area contributed by atoms with Crippen LogP contribution in [0.3, 0.4) is 0 Å². The first-order valence-electron chi connectivity index (χ1n) is 5.61. The minimum atomic E-state index is -0.00123. The lowest BCUT2D eigenvalue weighted by molar-refractivity contribution is -0.116. The Hall–Kier alpha value is -1.09. The van der Waals surface area contributed by atoms with Crippen LogP contribution >= 0.6 is 0 Å². The van der Waals surface area contributed by atoms with Crippen LogP contribution in [0.4, 0.5) is 0 Å². The maximum absolute atomic E-state index is 11.3. The molecule has 0 aromatic carbocycles. The molecule has 1 unspecified atom stereocenters. The highest BCUT2D eigenvalue weighted by Crippen LogP contribution is 2.07. The topological polar surface area (TPSA) is 41.1 Å². The minimum Gasteiger partial charge on any atom is -0.352 e. The Bertz CT molecular complexity index is 240. The van der Waals surface area contributed by atoms with E-state index in [9.17, 15) is 4.79 Å². The van der Waals surface area contributed by atoms with E-state index < -0.39 is 0 Å². The summed E-state index contributed by atoms with van der Waals surface area (Å²) in [7, 11) is 0. The van der Waals surface area contributed by atoms with E-state index in [2.05, 4.69) is 10.6 Å². The predicted octanol–water partition coefficient (Wildman–Crippen LogP) is 1.23. The van der Waals surface area contributed by atoms with Gasteiger partial charge in [0.15, 0.2) is 0 Å². The molecule has 3 heteroatoms. The molecule has 0 saturated carbocycles. The van der Waals surface area contributed by atoms with Gasteiger partial charge in [-0.25, -0.2) is 0 Å². The van der Waals surface area contributed by atoms with Crippen molar-refractivity contribution in [1.82, 2.24) is 10.6 Å². The number of carbonyl (C=O) groups excluding carboxylic acids is 1. The number of nitrogens with one attached hydrogen (secondary N) is 2. The molecule has 0 radical (unpaired) electrons. The van der Waals surface area contributed by atoms with Gasteiger partial charge in [-0.15, -0.1) is 0 Å². The van der Waals surface area contributed by atoms with Crippen molar-refractivity contribution in [2.75, 3.05) is 19.6 Å². The van der Waals surface area contributed by atoms with Crippen molar-refractivity contribution in [3.05, 3.63) is 24.3 Å². The fourth-order valence-corrected chi connectivity index (χ4v) is 1.66. The number of carbonyl (C=O) groups is 1. The zero-order chi connectivity index (χ0) is 10.9. The normalized spacial score (nSPS) is 22.3. The monoisotopic (exact) mass is 208 g/mol. The third-order valence-corrected chi connectivity index (χ3v) is 2.52. The Morgan fingerprint density at radius 3 is 3.07 bits per heavy atom. The van der Waals surface area contributed by atoms with Crippen molar-refractivity contribution >= 4 is 5.91 Å². The minimum absolute atomic E-state index is 0.00123. The Kier molecular flexibility index (Phi) is 5.78. The highest BCUT2D eigenvalue weighted by atomic mass is 16.1. The van der Waals surface area contributed by atoms with Crippen molar-refractivity contribution in [1.29, 1.82) is 0 Å². The molecule has 0 bridgehead atoms. The van der Waals surface area contributed by atoms with E-state index in [-0.39, 0.29) is 5.91 Å². The lowest BCUT2D eigenvalue weighted by Crippen LogP contribution is -2.37. The van der Waals surface area contributed by atoms with Gasteiger partial charge >= 0.3 is 0 Å². The summed E-state index contributed by atoms with van der Waals surface area (Å²) in [5.41, 5.74) is 0. The summed E-state index contributed by atoms with van der Waals surface area (Å²) in [4.78, 5) is 11.3. The van der Waals surface area contributed by atoms with E-state index >= 15 is 0 Å². The molecule has 1 heterocycles. The summed E-state index contributed by atoms with van der Waals surface area (Å²) in [6, 6.07) is 0. The van der Waals surface area contributed by atoms with Gasteiger partial charge in [-0.1, -0.05) is 18.2 Å². The fourth-order valence-electron chi connectivity index (χ4n) is 1.66. The van der Waals surface area contributed by atoms with E-state index in [1.54, 1.807) is 12.2 Å². The van der Waals surface area contributed by atoms with Crippen molar-refractivity contribution < 1.29 is 4.79 Å². The summed E-state index contributed by atoms with van der Waals surface area (Å²) in [5.74, 6) is 0.594. The average molecular weight is 208 g/mol. The highest BCUT2D eigenvalue weighted by Gasteiger charge is 2.12. The molecule has 1 rings (SSSR count).